The van der Waals surface area contributed by atoms with Crippen LogP contribution >= 0.6 is 0 Å². The van der Waals surface area contributed by atoms with Gasteiger partial charge in [0.15, 0.2) is 0 Å². The fourth-order valence-corrected chi connectivity index (χ4v) is 3.17. The van der Waals surface area contributed by atoms with Crippen molar-refractivity contribution in [3.05, 3.63) is 42.1 Å². The summed E-state index contributed by atoms with van der Waals surface area (Å²) >= 11 is 0. The van der Waals surface area contributed by atoms with E-state index in [1.165, 1.54) is 12.3 Å². The molecular formula is C20H27FN4O2. The number of allylic oxidation sites excluding steroid dienone is 1. The predicted octanol–water partition coefficient (Wildman–Crippen LogP) is 3.93. The van der Waals surface area contributed by atoms with Gasteiger partial charge in [0.2, 0.25) is 0 Å². The van der Waals surface area contributed by atoms with E-state index in [-0.39, 0.29) is 18.0 Å². The summed E-state index contributed by atoms with van der Waals surface area (Å²) < 4.78 is 18.7. The zero-order valence-electron chi connectivity index (χ0n) is 16.2. The molecule has 7 heteroatoms. The summed E-state index contributed by atoms with van der Waals surface area (Å²) in [6, 6.07) is 3.08. The van der Waals surface area contributed by atoms with Gasteiger partial charge in [0.1, 0.15) is 11.4 Å². The molecule has 0 unspecified atom stereocenters. The molecule has 0 bridgehead atoms. The number of pyridine rings is 1. The number of amides is 1. The van der Waals surface area contributed by atoms with Crippen molar-refractivity contribution in [3.8, 4) is 0 Å². The topological polar surface area (TPSA) is 58.0 Å². The molecule has 3 heterocycles. The van der Waals surface area contributed by atoms with Gasteiger partial charge in [0.05, 0.1) is 30.2 Å². The first-order valence-electron chi connectivity index (χ1n) is 9.50. The van der Waals surface area contributed by atoms with Gasteiger partial charge in [0.25, 0.3) is 0 Å². The second-order valence-electron chi connectivity index (χ2n) is 7.59. The zero-order chi connectivity index (χ0) is 19.4. The summed E-state index contributed by atoms with van der Waals surface area (Å²) in [5.41, 5.74) is 0.990. The molecule has 0 spiro atoms. The molecule has 1 atom stereocenters. The number of hydrogen-bond acceptors (Lipinski definition) is 5. The molecule has 27 heavy (non-hydrogen) atoms. The van der Waals surface area contributed by atoms with Crippen molar-refractivity contribution in [2.45, 2.75) is 58.1 Å². The lowest BCUT2D eigenvalue weighted by atomic mass is 10.1. The van der Waals surface area contributed by atoms with E-state index in [0.29, 0.717) is 25.2 Å². The summed E-state index contributed by atoms with van der Waals surface area (Å²) in [6.45, 7) is 7.16. The summed E-state index contributed by atoms with van der Waals surface area (Å²) in [5.74, 6) is -0.363. The van der Waals surface area contributed by atoms with Crippen molar-refractivity contribution < 1.29 is 13.9 Å². The zero-order valence-corrected chi connectivity index (χ0v) is 16.2. The van der Waals surface area contributed by atoms with E-state index in [2.05, 4.69) is 10.1 Å². The molecule has 1 fully saturated rings. The Labute approximate surface area is 159 Å². The van der Waals surface area contributed by atoms with E-state index in [1.54, 1.807) is 6.07 Å². The number of likely N-dealkylation sites (tertiary alicyclic amines) is 1. The highest BCUT2D eigenvalue weighted by Crippen LogP contribution is 2.24. The predicted molar refractivity (Wildman–Crippen MR) is 102 cm³/mol. The summed E-state index contributed by atoms with van der Waals surface area (Å²) in [5, 5.41) is 6.47. The SMILES string of the molecule is CCC(C)(C)OC(=O)N1CCC[C@H]1CN1C=CCC(c2ccc(F)cn2)=N1. The van der Waals surface area contributed by atoms with Gasteiger partial charge in [-0.1, -0.05) is 13.0 Å². The van der Waals surface area contributed by atoms with Gasteiger partial charge in [0, 0.05) is 19.2 Å². The van der Waals surface area contributed by atoms with E-state index in [0.717, 1.165) is 25.0 Å². The average molecular weight is 374 g/mol. The standard InChI is InChI=1S/C20H27FN4O2/c1-4-20(2,3)27-19(26)25-12-5-7-16(25)14-24-11-6-8-18(23-24)17-10-9-15(21)13-22-17/h6,9-11,13,16H,4-5,7-8,12,14H2,1-3H3/t16-/m0/s1. The number of nitrogens with zero attached hydrogens (tertiary/aromatic N) is 4. The maximum atomic E-state index is 13.1. The molecule has 0 aromatic carbocycles. The molecule has 0 N–H and O–H groups in total. The van der Waals surface area contributed by atoms with Crippen molar-refractivity contribution >= 4 is 11.8 Å². The monoisotopic (exact) mass is 374 g/mol. The number of carbonyl (C=O) groups is 1. The number of aromatic nitrogens is 1. The van der Waals surface area contributed by atoms with Gasteiger partial charge in [-0.2, -0.15) is 5.10 Å². The van der Waals surface area contributed by atoms with Crippen LogP contribution in [0.4, 0.5) is 9.18 Å². The molecular weight excluding hydrogens is 347 g/mol. The van der Waals surface area contributed by atoms with Crippen LogP contribution in [-0.2, 0) is 4.74 Å². The second-order valence-corrected chi connectivity index (χ2v) is 7.59. The lowest BCUT2D eigenvalue weighted by molar-refractivity contribution is 0.00778. The Hall–Kier alpha value is -2.44. The number of ether oxygens (including phenoxy) is 1. The minimum Gasteiger partial charge on any atom is -0.443 e. The number of rotatable bonds is 5. The quantitative estimate of drug-likeness (QED) is 0.783. The van der Waals surface area contributed by atoms with Crippen molar-refractivity contribution in [3.63, 3.8) is 0 Å². The first-order chi connectivity index (χ1) is 12.9. The van der Waals surface area contributed by atoms with Crippen molar-refractivity contribution in [1.82, 2.24) is 14.9 Å². The van der Waals surface area contributed by atoms with Crippen molar-refractivity contribution in [1.29, 1.82) is 0 Å². The van der Waals surface area contributed by atoms with Gasteiger partial charge >= 0.3 is 6.09 Å². The number of halogens is 1. The molecule has 1 amide bonds. The number of hydrazone groups is 1. The molecule has 6 nitrogen and oxygen atoms in total. The Kier molecular flexibility index (Phi) is 5.77. The van der Waals surface area contributed by atoms with Gasteiger partial charge in [-0.15, -0.1) is 0 Å². The molecule has 2 aliphatic rings. The third kappa shape index (κ3) is 4.84. The summed E-state index contributed by atoms with van der Waals surface area (Å²) in [6.07, 6.45) is 8.17. The Morgan fingerprint density at radius 1 is 1.41 bits per heavy atom. The molecule has 3 rings (SSSR count). The maximum Gasteiger partial charge on any atom is 0.410 e. The third-order valence-corrected chi connectivity index (χ3v) is 5.09. The smallest absolute Gasteiger partial charge is 0.410 e. The lowest BCUT2D eigenvalue weighted by Gasteiger charge is -2.32. The fourth-order valence-electron chi connectivity index (χ4n) is 3.17. The number of hydrogen-bond donors (Lipinski definition) is 0. The summed E-state index contributed by atoms with van der Waals surface area (Å²) in [7, 11) is 0. The van der Waals surface area contributed by atoms with Gasteiger partial charge < -0.3 is 9.64 Å². The van der Waals surface area contributed by atoms with Crippen LogP contribution in [0.3, 0.4) is 0 Å². The molecule has 1 saturated heterocycles. The van der Waals surface area contributed by atoms with Crippen LogP contribution in [0.2, 0.25) is 0 Å². The van der Waals surface area contributed by atoms with Crippen LogP contribution < -0.4 is 0 Å². The first-order valence-corrected chi connectivity index (χ1v) is 9.50. The highest BCUT2D eigenvalue weighted by atomic mass is 19.1. The molecule has 0 aliphatic carbocycles. The third-order valence-electron chi connectivity index (χ3n) is 5.09. The van der Waals surface area contributed by atoms with Gasteiger partial charge in [-0.05, 0) is 45.2 Å². The van der Waals surface area contributed by atoms with E-state index in [9.17, 15) is 9.18 Å². The Bertz CT molecular complexity index is 730. The van der Waals surface area contributed by atoms with Crippen LogP contribution in [0.25, 0.3) is 0 Å². The van der Waals surface area contributed by atoms with Crippen molar-refractivity contribution in [2.24, 2.45) is 5.10 Å². The molecule has 146 valence electrons. The van der Waals surface area contributed by atoms with Crippen LogP contribution in [0.5, 0.6) is 0 Å². The van der Waals surface area contributed by atoms with Gasteiger partial charge in [-0.3, -0.25) is 9.99 Å². The molecule has 1 aromatic heterocycles. The van der Waals surface area contributed by atoms with E-state index >= 15 is 0 Å². The van der Waals surface area contributed by atoms with Gasteiger partial charge in [-0.25, -0.2) is 9.18 Å². The largest absolute Gasteiger partial charge is 0.443 e. The molecule has 2 aliphatic heterocycles. The first kappa shape index (κ1) is 19.3. The molecule has 1 aromatic rings. The molecule has 0 saturated carbocycles. The van der Waals surface area contributed by atoms with E-state index in [4.69, 9.17) is 4.74 Å². The number of carbonyl (C=O) groups excluding carboxylic acids is 1. The van der Waals surface area contributed by atoms with Crippen LogP contribution in [0, 0.1) is 5.82 Å². The normalized spacial score (nSPS) is 20.0. The fraction of sp³-hybridized carbons (Fsp3) is 0.550. The maximum absolute atomic E-state index is 13.1. The minimum atomic E-state index is -0.463. The molecule has 0 radical (unpaired) electrons. The lowest BCUT2D eigenvalue weighted by Crippen LogP contribution is -2.44. The van der Waals surface area contributed by atoms with Crippen LogP contribution in [0.1, 0.15) is 52.1 Å². The summed E-state index contributed by atoms with van der Waals surface area (Å²) in [4.78, 5) is 18.5. The Morgan fingerprint density at radius 3 is 2.93 bits per heavy atom. The average Bonchev–Trinajstić information content (AvgIpc) is 3.10. The van der Waals surface area contributed by atoms with E-state index < -0.39 is 5.60 Å². The Balaban J connectivity index is 1.66. The highest BCUT2D eigenvalue weighted by molar-refractivity contribution is 6.00. The minimum absolute atomic E-state index is 0.0547. The van der Waals surface area contributed by atoms with Crippen LogP contribution in [0.15, 0.2) is 35.7 Å². The van der Waals surface area contributed by atoms with E-state index in [1.807, 2.05) is 43.0 Å². The van der Waals surface area contributed by atoms with Crippen molar-refractivity contribution in [2.75, 3.05) is 13.1 Å². The Morgan fingerprint density at radius 2 is 2.22 bits per heavy atom. The highest BCUT2D eigenvalue weighted by Gasteiger charge is 2.34. The van der Waals surface area contributed by atoms with Crippen LogP contribution in [-0.4, -0.2) is 51.4 Å². The second kappa shape index (κ2) is 8.06.